The van der Waals surface area contributed by atoms with E-state index in [0.29, 0.717) is 12.2 Å². The molecule has 0 saturated heterocycles. The fraction of sp³-hybridized carbons (Fsp3) is 0.750. The van der Waals surface area contributed by atoms with Crippen molar-refractivity contribution < 1.29 is 4.79 Å². The van der Waals surface area contributed by atoms with Crippen LogP contribution in [0.4, 0.5) is 0 Å². The van der Waals surface area contributed by atoms with E-state index in [4.69, 9.17) is 0 Å². The van der Waals surface area contributed by atoms with E-state index in [0.717, 1.165) is 12.8 Å². The van der Waals surface area contributed by atoms with Crippen molar-refractivity contribution in [2.75, 3.05) is 0 Å². The summed E-state index contributed by atoms with van der Waals surface area (Å²) in [6.07, 6.45) is 2.34. The molecule has 0 fully saturated rings. The van der Waals surface area contributed by atoms with Crippen LogP contribution in [0, 0.1) is 12.8 Å². The van der Waals surface area contributed by atoms with E-state index in [1.807, 2.05) is 13.8 Å². The highest BCUT2D eigenvalue weighted by Gasteiger charge is 2.07. The molecule has 0 bridgehead atoms. The van der Waals surface area contributed by atoms with Crippen molar-refractivity contribution >= 4 is 5.78 Å². The van der Waals surface area contributed by atoms with Crippen molar-refractivity contribution in [1.82, 2.24) is 0 Å². The second-order valence-corrected chi connectivity index (χ2v) is 2.38. The molecule has 0 spiro atoms. The first-order valence-electron chi connectivity index (χ1n) is 3.54. The summed E-state index contributed by atoms with van der Waals surface area (Å²) in [5.74, 6) is 0.597. The van der Waals surface area contributed by atoms with Gasteiger partial charge >= 0.3 is 0 Å². The predicted octanol–water partition coefficient (Wildman–Crippen LogP) is 2.22. The Bertz CT molecular complexity index is 86.6. The Morgan fingerprint density at radius 2 is 2.22 bits per heavy atom. The molecule has 0 aromatic carbocycles. The molecule has 1 atom stereocenters. The summed E-state index contributed by atoms with van der Waals surface area (Å²) in [6, 6.07) is 0. The Kier molecular flexibility index (Phi) is 4.37. The molecule has 1 radical (unpaired) electrons. The zero-order valence-electron chi connectivity index (χ0n) is 6.31. The van der Waals surface area contributed by atoms with Gasteiger partial charge in [-0.1, -0.05) is 20.8 Å². The standard InChI is InChI=1S/C8H15O/c1-4-6-8(9)7(3)5-2/h7H,1,4-6H2,2-3H3. The molecule has 0 aliphatic rings. The summed E-state index contributed by atoms with van der Waals surface area (Å²) in [7, 11) is 0. The number of rotatable bonds is 4. The number of carbonyl (C=O) groups is 1. The summed E-state index contributed by atoms with van der Waals surface area (Å²) in [5, 5.41) is 0. The van der Waals surface area contributed by atoms with E-state index < -0.39 is 0 Å². The molecule has 0 aliphatic carbocycles. The molecule has 0 heterocycles. The van der Waals surface area contributed by atoms with Crippen molar-refractivity contribution in [3.63, 3.8) is 0 Å². The van der Waals surface area contributed by atoms with E-state index in [1.54, 1.807) is 0 Å². The van der Waals surface area contributed by atoms with Crippen LogP contribution in [0.25, 0.3) is 0 Å². The monoisotopic (exact) mass is 127 g/mol. The molecular formula is C8H15O. The topological polar surface area (TPSA) is 17.1 Å². The third-order valence-electron chi connectivity index (χ3n) is 1.59. The van der Waals surface area contributed by atoms with Crippen molar-refractivity contribution in [3.05, 3.63) is 6.92 Å². The van der Waals surface area contributed by atoms with Gasteiger partial charge < -0.3 is 0 Å². The molecule has 0 amide bonds. The van der Waals surface area contributed by atoms with Gasteiger partial charge in [0.05, 0.1) is 0 Å². The highest BCUT2D eigenvalue weighted by Crippen LogP contribution is 2.05. The first-order chi connectivity index (χ1) is 4.22. The van der Waals surface area contributed by atoms with Crippen LogP contribution in [-0.4, -0.2) is 5.78 Å². The Morgan fingerprint density at radius 1 is 1.67 bits per heavy atom. The van der Waals surface area contributed by atoms with E-state index >= 15 is 0 Å². The molecule has 53 valence electrons. The third kappa shape index (κ3) is 3.28. The van der Waals surface area contributed by atoms with Crippen LogP contribution in [0.15, 0.2) is 0 Å². The maximum Gasteiger partial charge on any atom is 0.135 e. The molecular weight excluding hydrogens is 112 g/mol. The normalized spacial score (nSPS) is 13.2. The lowest BCUT2D eigenvalue weighted by Gasteiger charge is -2.03. The molecule has 0 aliphatic heterocycles. The summed E-state index contributed by atoms with van der Waals surface area (Å²) in [6.45, 7) is 7.63. The average molecular weight is 127 g/mol. The number of hydrogen-bond donors (Lipinski definition) is 0. The van der Waals surface area contributed by atoms with Crippen LogP contribution >= 0.6 is 0 Å². The van der Waals surface area contributed by atoms with Crippen molar-refractivity contribution in [1.29, 1.82) is 0 Å². The van der Waals surface area contributed by atoms with Crippen LogP contribution in [-0.2, 0) is 4.79 Å². The highest BCUT2D eigenvalue weighted by molar-refractivity contribution is 5.80. The van der Waals surface area contributed by atoms with E-state index in [2.05, 4.69) is 6.92 Å². The van der Waals surface area contributed by atoms with Gasteiger partial charge in [0.25, 0.3) is 0 Å². The molecule has 1 heteroatoms. The van der Waals surface area contributed by atoms with Gasteiger partial charge in [-0.25, -0.2) is 0 Å². The van der Waals surface area contributed by atoms with E-state index in [-0.39, 0.29) is 5.92 Å². The lowest BCUT2D eigenvalue weighted by atomic mass is 10.0. The average Bonchev–Trinajstić information content (AvgIpc) is 1.87. The fourth-order valence-corrected chi connectivity index (χ4v) is 0.648. The summed E-state index contributed by atoms with van der Waals surface area (Å²) >= 11 is 0. The maximum atomic E-state index is 10.9. The third-order valence-corrected chi connectivity index (χ3v) is 1.59. The minimum atomic E-state index is 0.242. The van der Waals surface area contributed by atoms with Gasteiger partial charge in [0.2, 0.25) is 0 Å². The van der Waals surface area contributed by atoms with Crippen LogP contribution in [0.3, 0.4) is 0 Å². The SMILES string of the molecule is [CH2]CCC(=O)C(C)CC. The summed E-state index contributed by atoms with van der Waals surface area (Å²) < 4.78 is 0. The van der Waals surface area contributed by atoms with Gasteiger partial charge in [0, 0.05) is 12.3 Å². The molecule has 9 heavy (non-hydrogen) atoms. The van der Waals surface area contributed by atoms with Crippen LogP contribution in [0.1, 0.15) is 33.1 Å². The first kappa shape index (κ1) is 8.67. The first-order valence-corrected chi connectivity index (χ1v) is 3.54. The number of hydrogen-bond acceptors (Lipinski definition) is 1. The van der Waals surface area contributed by atoms with Crippen molar-refractivity contribution in [2.45, 2.75) is 33.1 Å². The largest absolute Gasteiger partial charge is 0.299 e. The van der Waals surface area contributed by atoms with Gasteiger partial charge in [-0.15, -0.1) is 0 Å². The molecule has 0 rings (SSSR count). The highest BCUT2D eigenvalue weighted by atomic mass is 16.1. The molecule has 1 nitrogen and oxygen atoms in total. The molecule has 1 unspecified atom stereocenters. The smallest absolute Gasteiger partial charge is 0.135 e. The van der Waals surface area contributed by atoms with Crippen LogP contribution in [0.2, 0.25) is 0 Å². The van der Waals surface area contributed by atoms with E-state index in [1.165, 1.54) is 0 Å². The zero-order valence-corrected chi connectivity index (χ0v) is 6.31. The lowest BCUT2D eigenvalue weighted by molar-refractivity contribution is -0.122. The van der Waals surface area contributed by atoms with Gasteiger partial charge in [-0.05, 0) is 12.8 Å². The minimum absolute atomic E-state index is 0.242. The van der Waals surface area contributed by atoms with Gasteiger partial charge in [0.1, 0.15) is 5.78 Å². The van der Waals surface area contributed by atoms with Crippen molar-refractivity contribution in [3.8, 4) is 0 Å². The maximum absolute atomic E-state index is 10.9. The number of Topliss-reactive ketones (excluding diaryl/α,β-unsaturated/α-hetero) is 1. The van der Waals surface area contributed by atoms with Crippen LogP contribution in [0.5, 0.6) is 0 Å². The second-order valence-electron chi connectivity index (χ2n) is 2.38. The molecule has 0 aromatic rings. The van der Waals surface area contributed by atoms with Crippen LogP contribution < -0.4 is 0 Å². The Balaban J connectivity index is 3.46. The second kappa shape index (κ2) is 4.54. The Labute approximate surface area is 57.5 Å². The lowest BCUT2D eigenvalue weighted by Crippen LogP contribution is -2.08. The van der Waals surface area contributed by atoms with Gasteiger partial charge in [0.15, 0.2) is 0 Å². The van der Waals surface area contributed by atoms with Gasteiger partial charge in [-0.2, -0.15) is 0 Å². The number of carbonyl (C=O) groups excluding carboxylic acids is 1. The van der Waals surface area contributed by atoms with Gasteiger partial charge in [-0.3, -0.25) is 4.79 Å². The predicted molar refractivity (Wildman–Crippen MR) is 39.1 cm³/mol. The Morgan fingerprint density at radius 3 is 2.56 bits per heavy atom. The minimum Gasteiger partial charge on any atom is -0.299 e. The molecule has 0 aromatic heterocycles. The van der Waals surface area contributed by atoms with Crippen molar-refractivity contribution in [2.24, 2.45) is 5.92 Å². The fourth-order valence-electron chi connectivity index (χ4n) is 0.648. The summed E-state index contributed by atoms with van der Waals surface area (Å²) in [5.41, 5.74) is 0. The number of ketones is 1. The summed E-state index contributed by atoms with van der Waals surface area (Å²) in [4.78, 5) is 10.9. The zero-order chi connectivity index (χ0) is 7.28. The molecule has 0 saturated carbocycles. The Hall–Kier alpha value is -0.330. The van der Waals surface area contributed by atoms with E-state index in [9.17, 15) is 4.79 Å². The molecule has 0 N–H and O–H groups in total. The quantitative estimate of drug-likeness (QED) is 0.566.